The van der Waals surface area contributed by atoms with Crippen LogP contribution in [-0.2, 0) is 5.41 Å². The van der Waals surface area contributed by atoms with Crippen LogP contribution in [0.25, 0.3) is 16.5 Å². The molecule has 0 radical (unpaired) electrons. The molecule has 1 aliphatic rings. The van der Waals surface area contributed by atoms with Gasteiger partial charge in [-0.05, 0) is 68.4 Å². The van der Waals surface area contributed by atoms with E-state index >= 15 is 0 Å². The van der Waals surface area contributed by atoms with Gasteiger partial charge in [0, 0.05) is 16.5 Å². The first-order valence-electron chi connectivity index (χ1n) is 9.18. The molecule has 0 fully saturated rings. The Balaban J connectivity index is 2.51. The molecule has 1 aliphatic carbocycles. The Bertz CT molecular complexity index is 791. The van der Waals surface area contributed by atoms with Crippen LogP contribution in [0.15, 0.2) is 23.8 Å². The lowest BCUT2D eigenvalue weighted by atomic mass is 9.71. The van der Waals surface area contributed by atoms with Gasteiger partial charge in [0.15, 0.2) is 0 Å². The number of hydrogen-bond donors (Lipinski definition) is 0. The van der Waals surface area contributed by atoms with E-state index in [4.69, 9.17) is 4.98 Å². The Morgan fingerprint density at radius 3 is 2.22 bits per heavy atom. The first-order chi connectivity index (χ1) is 11.0. The molecule has 0 bridgehead atoms. The molecular weight excluding hydrogens is 278 g/mol. The largest absolute Gasteiger partial charge is 0.253 e. The van der Waals surface area contributed by atoms with Crippen molar-refractivity contribution in [2.45, 2.75) is 72.6 Å². The van der Waals surface area contributed by atoms with E-state index in [2.05, 4.69) is 59.7 Å². The van der Waals surface area contributed by atoms with E-state index in [-0.39, 0.29) is 5.41 Å². The van der Waals surface area contributed by atoms with Crippen molar-refractivity contribution in [1.82, 2.24) is 4.98 Å². The second-order valence-electron chi connectivity index (χ2n) is 6.92. The van der Waals surface area contributed by atoms with Crippen molar-refractivity contribution >= 4 is 16.5 Å². The first-order valence-corrected chi connectivity index (χ1v) is 9.18. The van der Waals surface area contributed by atoms with Crippen LogP contribution in [-0.4, -0.2) is 4.98 Å². The monoisotopic (exact) mass is 307 g/mol. The van der Waals surface area contributed by atoms with Crippen LogP contribution in [0.1, 0.15) is 75.8 Å². The molecule has 0 spiro atoms. The van der Waals surface area contributed by atoms with Crippen molar-refractivity contribution < 1.29 is 0 Å². The average Bonchev–Trinajstić information content (AvgIpc) is 2.86. The minimum Gasteiger partial charge on any atom is -0.253 e. The maximum Gasteiger partial charge on any atom is 0.0711 e. The maximum absolute atomic E-state index is 4.99. The topological polar surface area (TPSA) is 12.9 Å². The third-order valence-electron chi connectivity index (χ3n) is 5.96. The normalized spacial score (nSPS) is 16.3. The number of benzene rings is 1. The zero-order valence-electron chi connectivity index (χ0n) is 15.5. The van der Waals surface area contributed by atoms with Crippen LogP contribution in [0.5, 0.6) is 0 Å². The highest BCUT2D eigenvalue weighted by Crippen LogP contribution is 2.55. The van der Waals surface area contributed by atoms with Gasteiger partial charge in [0.1, 0.15) is 0 Å². The average molecular weight is 307 g/mol. The molecule has 1 aromatic heterocycles. The number of fused-ring (bicyclic) bond motifs is 3. The van der Waals surface area contributed by atoms with Gasteiger partial charge in [0.25, 0.3) is 0 Å². The van der Waals surface area contributed by atoms with Crippen molar-refractivity contribution in [3.05, 3.63) is 46.2 Å². The van der Waals surface area contributed by atoms with Crippen molar-refractivity contribution in [1.29, 1.82) is 0 Å². The minimum atomic E-state index is 0.199. The lowest BCUT2D eigenvalue weighted by molar-refractivity contribution is 0.462. The van der Waals surface area contributed by atoms with E-state index in [0.717, 1.165) is 18.4 Å². The van der Waals surface area contributed by atoms with Gasteiger partial charge in [-0.1, -0.05) is 44.9 Å². The van der Waals surface area contributed by atoms with E-state index < -0.39 is 0 Å². The number of rotatable bonds is 4. The van der Waals surface area contributed by atoms with Crippen molar-refractivity contribution in [3.8, 4) is 0 Å². The van der Waals surface area contributed by atoms with Crippen molar-refractivity contribution in [2.75, 3.05) is 0 Å². The zero-order valence-corrected chi connectivity index (χ0v) is 15.5. The summed E-state index contributed by atoms with van der Waals surface area (Å²) in [6, 6.07) is 6.71. The third kappa shape index (κ3) is 2.09. The number of hydrogen-bond acceptors (Lipinski definition) is 1. The van der Waals surface area contributed by atoms with Crippen LogP contribution < -0.4 is 0 Å². The standard InChI is InChI=1S/C22H29N/c1-7-16-18(8-2)22(9-3,10-4)21-15(6)23-19-12-11-14(5)13-17(19)20(16)21/h11-13H,7-10H2,1-6H3. The van der Waals surface area contributed by atoms with E-state index in [1.54, 1.807) is 11.1 Å². The van der Waals surface area contributed by atoms with Gasteiger partial charge in [-0.25, -0.2) is 0 Å². The molecule has 1 nitrogen and oxygen atoms in total. The summed E-state index contributed by atoms with van der Waals surface area (Å²) in [7, 11) is 0. The second kappa shape index (κ2) is 5.78. The summed E-state index contributed by atoms with van der Waals surface area (Å²) >= 11 is 0. The predicted octanol–water partition coefficient (Wildman–Crippen LogP) is 6.50. The SMILES string of the molecule is CCC1=C(CC)C(CC)(CC)c2c(C)nc3ccc(C)cc3c21. The summed E-state index contributed by atoms with van der Waals surface area (Å²) < 4.78 is 0. The number of aryl methyl sites for hydroxylation is 2. The van der Waals surface area contributed by atoms with Gasteiger partial charge in [-0.15, -0.1) is 0 Å². The summed E-state index contributed by atoms with van der Waals surface area (Å²) in [5.41, 5.74) is 10.2. The predicted molar refractivity (Wildman–Crippen MR) is 101 cm³/mol. The fraction of sp³-hybridized carbons (Fsp3) is 0.500. The fourth-order valence-electron chi connectivity index (χ4n) is 4.96. The molecule has 0 saturated carbocycles. The van der Waals surface area contributed by atoms with Gasteiger partial charge < -0.3 is 0 Å². The Hall–Kier alpha value is -1.63. The van der Waals surface area contributed by atoms with Crippen molar-refractivity contribution in [3.63, 3.8) is 0 Å². The molecule has 0 saturated heterocycles. The first kappa shape index (κ1) is 16.2. The summed E-state index contributed by atoms with van der Waals surface area (Å²) in [5, 5.41) is 1.36. The van der Waals surface area contributed by atoms with Gasteiger partial charge in [-0.3, -0.25) is 4.98 Å². The molecule has 0 N–H and O–H groups in total. The molecule has 122 valence electrons. The zero-order chi connectivity index (χ0) is 16.8. The molecule has 0 aliphatic heterocycles. The van der Waals surface area contributed by atoms with Gasteiger partial charge in [0.05, 0.1) is 5.52 Å². The van der Waals surface area contributed by atoms with Crippen molar-refractivity contribution in [2.24, 2.45) is 0 Å². The van der Waals surface area contributed by atoms with Crippen LogP contribution in [0.4, 0.5) is 0 Å². The van der Waals surface area contributed by atoms with E-state index in [1.165, 1.54) is 40.6 Å². The minimum absolute atomic E-state index is 0.199. The number of pyridine rings is 1. The number of nitrogens with zero attached hydrogens (tertiary/aromatic N) is 1. The molecule has 0 atom stereocenters. The summed E-state index contributed by atoms with van der Waals surface area (Å²) in [6.45, 7) is 13.7. The summed E-state index contributed by atoms with van der Waals surface area (Å²) in [6.07, 6.45) is 4.60. The van der Waals surface area contributed by atoms with Gasteiger partial charge in [0.2, 0.25) is 0 Å². The smallest absolute Gasteiger partial charge is 0.0711 e. The molecule has 1 heterocycles. The van der Waals surface area contributed by atoms with Crippen LogP contribution in [0.2, 0.25) is 0 Å². The fourth-order valence-corrected chi connectivity index (χ4v) is 4.96. The lowest BCUT2D eigenvalue weighted by Gasteiger charge is -2.33. The molecule has 1 aromatic carbocycles. The van der Waals surface area contributed by atoms with E-state index in [9.17, 15) is 0 Å². The Morgan fingerprint density at radius 1 is 0.957 bits per heavy atom. The van der Waals surface area contributed by atoms with Crippen LogP contribution in [0.3, 0.4) is 0 Å². The molecule has 0 unspecified atom stereocenters. The number of allylic oxidation sites excluding steroid dienone is 2. The maximum atomic E-state index is 4.99. The molecular formula is C22H29N. The Morgan fingerprint density at radius 2 is 1.65 bits per heavy atom. The van der Waals surface area contributed by atoms with Crippen LogP contribution >= 0.6 is 0 Å². The molecule has 23 heavy (non-hydrogen) atoms. The Kier molecular flexibility index (Phi) is 4.08. The van der Waals surface area contributed by atoms with E-state index in [1.807, 2.05) is 0 Å². The van der Waals surface area contributed by atoms with Crippen LogP contribution in [0, 0.1) is 13.8 Å². The molecule has 1 heteroatoms. The summed E-state index contributed by atoms with van der Waals surface area (Å²) in [4.78, 5) is 4.99. The highest BCUT2D eigenvalue weighted by atomic mass is 14.7. The second-order valence-corrected chi connectivity index (χ2v) is 6.92. The van der Waals surface area contributed by atoms with E-state index in [0.29, 0.717) is 0 Å². The molecule has 3 rings (SSSR count). The van der Waals surface area contributed by atoms with Gasteiger partial charge >= 0.3 is 0 Å². The highest BCUT2D eigenvalue weighted by molar-refractivity contribution is 5.98. The third-order valence-corrected chi connectivity index (χ3v) is 5.96. The highest BCUT2D eigenvalue weighted by Gasteiger charge is 2.43. The van der Waals surface area contributed by atoms with Gasteiger partial charge in [-0.2, -0.15) is 0 Å². The summed E-state index contributed by atoms with van der Waals surface area (Å²) in [5.74, 6) is 0. The Labute approximate surface area is 140 Å². The quantitative estimate of drug-likeness (QED) is 0.628. The molecule has 0 amide bonds. The molecule has 2 aromatic rings. The lowest BCUT2D eigenvalue weighted by Crippen LogP contribution is -2.26. The number of aromatic nitrogens is 1.